The summed E-state index contributed by atoms with van der Waals surface area (Å²) >= 11 is 0. The number of hydrogen-bond acceptors (Lipinski definition) is 3. The molecule has 3 rings (SSSR count). The van der Waals surface area contributed by atoms with Crippen LogP contribution in [0.25, 0.3) is 17.3 Å². The number of carbonyl (C=O) groups excluding carboxylic acids is 1. The summed E-state index contributed by atoms with van der Waals surface area (Å²) in [5, 5.41) is 14.4. The molecule has 0 radical (unpaired) electrons. The van der Waals surface area contributed by atoms with Gasteiger partial charge < -0.3 is 20.3 Å². The van der Waals surface area contributed by atoms with Gasteiger partial charge in [0, 0.05) is 17.8 Å². The van der Waals surface area contributed by atoms with E-state index in [2.05, 4.69) is 10.3 Å². The lowest BCUT2D eigenvalue weighted by Crippen LogP contribution is -2.36. The molecule has 0 unspecified atom stereocenters. The molecule has 2 amide bonds. The van der Waals surface area contributed by atoms with E-state index in [0.717, 1.165) is 22.7 Å². The third-order valence-corrected chi connectivity index (χ3v) is 4.45. The van der Waals surface area contributed by atoms with Crippen LogP contribution in [0.3, 0.4) is 0 Å². The summed E-state index contributed by atoms with van der Waals surface area (Å²) < 4.78 is 38.6. The molecule has 0 spiro atoms. The van der Waals surface area contributed by atoms with Crippen molar-refractivity contribution in [1.82, 2.24) is 14.9 Å². The highest BCUT2D eigenvalue weighted by molar-refractivity contribution is 5.90. The number of nitrogens with one attached hydrogen (secondary N) is 2. The van der Waals surface area contributed by atoms with Crippen molar-refractivity contribution in [2.75, 3.05) is 11.9 Å². The summed E-state index contributed by atoms with van der Waals surface area (Å²) in [5.74, 6) is 0.722. The van der Waals surface area contributed by atoms with Crippen LogP contribution in [0.2, 0.25) is 0 Å². The molecular weight excluding hydrogens is 373 g/mol. The number of nitrogens with zero attached hydrogens (tertiary/aromatic N) is 2. The van der Waals surface area contributed by atoms with E-state index in [-0.39, 0.29) is 0 Å². The van der Waals surface area contributed by atoms with Gasteiger partial charge in [0.25, 0.3) is 0 Å². The first-order valence-electron chi connectivity index (χ1n) is 8.74. The lowest BCUT2D eigenvalue weighted by Gasteiger charge is -2.26. The highest BCUT2D eigenvalue weighted by Gasteiger charge is 2.28. The van der Waals surface area contributed by atoms with Crippen LogP contribution >= 0.6 is 0 Å². The van der Waals surface area contributed by atoms with Crippen LogP contribution in [0.1, 0.15) is 26.1 Å². The van der Waals surface area contributed by atoms with E-state index < -0.39 is 24.4 Å². The number of aliphatic hydroxyl groups is 1. The van der Waals surface area contributed by atoms with Gasteiger partial charge in [-0.1, -0.05) is 12.1 Å². The lowest BCUT2D eigenvalue weighted by molar-refractivity contribution is -0.122. The summed E-state index contributed by atoms with van der Waals surface area (Å²) in [6.07, 6.45) is -0.231. The molecular formula is C19H21F3N4O2. The molecule has 28 heavy (non-hydrogen) atoms. The van der Waals surface area contributed by atoms with Crippen LogP contribution in [-0.4, -0.2) is 39.0 Å². The van der Waals surface area contributed by atoms with E-state index in [0.29, 0.717) is 18.7 Å². The molecule has 2 heterocycles. The molecule has 1 aliphatic heterocycles. The maximum absolute atomic E-state index is 12.2. The Morgan fingerprint density at radius 2 is 2.07 bits per heavy atom. The Kier molecular flexibility index (Phi) is 5.20. The van der Waals surface area contributed by atoms with E-state index in [4.69, 9.17) is 0 Å². The van der Waals surface area contributed by atoms with Crippen molar-refractivity contribution in [1.29, 1.82) is 0 Å². The van der Waals surface area contributed by atoms with Crippen molar-refractivity contribution < 1.29 is 23.1 Å². The van der Waals surface area contributed by atoms with E-state index in [1.165, 1.54) is 0 Å². The average Bonchev–Trinajstić information content (AvgIpc) is 3.02. The second kappa shape index (κ2) is 7.31. The normalized spacial score (nSPS) is 14.3. The van der Waals surface area contributed by atoms with Crippen LogP contribution in [0.4, 0.5) is 23.7 Å². The highest BCUT2D eigenvalue weighted by atomic mass is 19.4. The summed E-state index contributed by atoms with van der Waals surface area (Å²) in [5.41, 5.74) is 1.95. The number of aromatic nitrogens is 2. The molecule has 0 atom stereocenters. The zero-order valence-corrected chi connectivity index (χ0v) is 15.5. The van der Waals surface area contributed by atoms with Gasteiger partial charge in [0.1, 0.15) is 12.4 Å². The van der Waals surface area contributed by atoms with Crippen LogP contribution < -0.4 is 10.6 Å². The van der Waals surface area contributed by atoms with Crippen molar-refractivity contribution in [2.24, 2.45) is 0 Å². The predicted molar refractivity (Wildman–Crippen MR) is 99.6 cm³/mol. The van der Waals surface area contributed by atoms with E-state index in [1.54, 1.807) is 43.6 Å². The first-order chi connectivity index (χ1) is 13.0. The van der Waals surface area contributed by atoms with Crippen LogP contribution in [-0.2, 0) is 6.54 Å². The number of urea groups is 1. The van der Waals surface area contributed by atoms with Gasteiger partial charge in [-0.3, -0.25) is 0 Å². The van der Waals surface area contributed by atoms with Crippen LogP contribution in [0, 0.1) is 0 Å². The Hall–Kier alpha value is -2.81. The maximum atomic E-state index is 12.2. The Balaban J connectivity index is 1.78. The number of alkyl halides is 3. The van der Waals surface area contributed by atoms with E-state index in [1.807, 2.05) is 16.7 Å². The van der Waals surface area contributed by atoms with E-state index in [9.17, 15) is 23.1 Å². The summed E-state index contributed by atoms with van der Waals surface area (Å²) in [7, 11) is 0. The topological polar surface area (TPSA) is 79.2 Å². The molecule has 6 nitrogen and oxygen atoms in total. The molecule has 3 N–H and O–H groups in total. The largest absolute Gasteiger partial charge is 0.405 e. The number of fused-ring (bicyclic) bond motifs is 1. The van der Waals surface area contributed by atoms with Crippen molar-refractivity contribution >= 4 is 17.8 Å². The minimum absolute atomic E-state index is 0.372. The molecule has 9 heteroatoms. The number of anilines is 1. The average molecular weight is 394 g/mol. The Morgan fingerprint density at radius 3 is 2.75 bits per heavy atom. The fraction of sp³-hybridized carbons (Fsp3) is 0.368. The van der Waals surface area contributed by atoms with Gasteiger partial charge in [-0.15, -0.1) is 0 Å². The smallest absolute Gasteiger partial charge is 0.386 e. The summed E-state index contributed by atoms with van der Waals surface area (Å²) in [6, 6.07) is 5.87. The molecule has 0 fully saturated rings. The number of amides is 2. The van der Waals surface area contributed by atoms with Crippen molar-refractivity contribution in [2.45, 2.75) is 38.6 Å². The number of carbonyl (C=O) groups is 1. The summed E-state index contributed by atoms with van der Waals surface area (Å²) in [6.45, 7) is 2.71. The molecule has 0 saturated heterocycles. The molecule has 1 aromatic heterocycles. The first kappa shape index (κ1) is 19.9. The fourth-order valence-corrected chi connectivity index (χ4v) is 3.03. The Bertz CT molecular complexity index is 911. The van der Waals surface area contributed by atoms with Crippen molar-refractivity contribution in [3.8, 4) is 11.3 Å². The highest BCUT2D eigenvalue weighted by Crippen LogP contribution is 2.31. The molecule has 1 aliphatic rings. The lowest BCUT2D eigenvalue weighted by atomic mass is 9.93. The SMILES string of the molecule is CC(C)(O)C1=Cc2ncc(-c3cccc(NC(=O)NCC(F)(F)F)c3)n2CC1. The summed E-state index contributed by atoms with van der Waals surface area (Å²) in [4.78, 5) is 16.0. The van der Waals surface area contributed by atoms with Gasteiger partial charge in [0.2, 0.25) is 0 Å². The monoisotopic (exact) mass is 394 g/mol. The molecule has 150 valence electrons. The minimum Gasteiger partial charge on any atom is -0.386 e. The Labute approximate surface area is 160 Å². The number of benzene rings is 1. The maximum Gasteiger partial charge on any atom is 0.405 e. The second-order valence-corrected chi connectivity index (χ2v) is 7.14. The molecule has 2 aromatic rings. The molecule has 1 aromatic carbocycles. The third-order valence-electron chi connectivity index (χ3n) is 4.45. The van der Waals surface area contributed by atoms with E-state index >= 15 is 0 Å². The number of rotatable bonds is 4. The zero-order chi connectivity index (χ0) is 20.5. The first-order valence-corrected chi connectivity index (χ1v) is 8.74. The van der Waals surface area contributed by atoms with Gasteiger partial charge in [0.05, 0.1) is 17.5 Å². The minimum atomic E-state index is -4.47. The molecule has 0 aliphatic carbocycles. The van der Waals surface area contributed by atoms with Crippen molar-refractivity contribution in [3.05, 3.63) is 41.9 Å². The quantitative estimate of drug-likeness (QED) is 0.738. The van der Waals surface area contributed by atoms with Gasteiger partial charge in [0.15, 0.2) is 0 Å². The van der Waals surface area contributed by atoms with Crippen LogP contribution in [0.15, 0.2) is 36.0 Å². The van der Waals surface area contributed by atoms with Gasteiger partial charge in [-0.2, -0.15) is 13.2 Å². The van der Waals surface area contributed by atoms with Gasteiger partial charge in [-0.05, 0) is 44.1 Å². The standard InChI is InChI=1S/C19H21F3N4O2/c1-18(2,28)13-6-7-26-15(10-23-16(26)9-13)12-4-3-5-14(8-12)25-17(27)24-11-19(20,21)22/h3-5,8-10,28H,6-7,11H2,1-2H3,(H2,24,25,27). The molecule has 0 saturated carbocycles. The molecule has 0 bridgehead atoms. The zero-order valence-electron chi connectivity index (χ0n) is 15.5. The number of halogens is 3. The van der Waals surface area contributed by atoms with Gasteiger partial charge >= 0.3 is 12.2 Å². The third kappa shape index (κ3) is 4.72. The van der Waals surface area contributed by atoms with Gasteiger partial charge in [-0.25, -0.2) is 9.78 Å². The predicted octanol–water partition coefficient (Wildman–Crippen LogP) is 3.79. The fourth-order valence-electron chi connectivity index (χ4n) is 3.03. The van der Waals surface area contributed by atoms with Crippen molar-refractivity contribution in [3.63, 3.8) is 0 Å². The second-order valence-electron chi connectivity index (χ2n) is 7.14. The number of hydrogen-bond donors (Lipinski definition) is 3. The number of imidazole rings is 1. The Morgan fingerprint density at radius 1 is 1.32 bits per heavy atom. The van der Waals surface area contributed by atoms with Crippen LogP contribution in [0.5, 0.6) is 0 Å².